The van der Waals surface area contributed by atoms with E-state index < -0.39 is 0 Å². The first-order chi connectivity index (χ1) is 8.16. The predicted molar refractivity (Wildman–Crippen MR) is 65.8 cm³/mol. The molecule has 1 aromatic rings. The molecule has 1 amide bonds. The highest BCUT2D eigenvalue weighted by molar-refractivity contribution is 6.01. The van der Waals surface area contributed by atoms with Gasteiger partial charge >= 0.3 is 0 Å². The van der Waals surface area contributed by atoms with Gasteiger partial charge in [0.15, 0.2) is 6.10 Å². The van der Waals surface area contributed by atoms with E-state index in [0.29, 0.717) is 6.54 Å². The van der Waals surface area contributed by atoms with E-state index >= 15 is 0 Å². The van der Waals surface area contributed by atoms with Crippen molar-refractivity contribution in [3.63, 3.8) is 0 Å². The molecular weight excluding hydrogens is 216 g/mol. The van der Waals surface area contributed by atoms with Gasteiger partial charge in [-0.05, 0) is 5.56 Å². The van der Waals surface area contributed by atoms with E-state index in [1.165, 1.54) is 0 Å². The normalized spacial score (nSPS) is 18.5. The summed E-state index contributed by atoms with van der Waals surface area (Å²) in [5.41, 5.74) is 2.04. The molecule has 1 unspecified atom stereocenters. The number of likely N-dealkylation sites (N-methyl/N-ethyl adjacent to an activating group) is 1. The third kappa shape index (κ3) is 2.84. The first kappa shape index (κ1) is 11.6. The Labute approximate surface area is 101 Å². The summed E-state index contributed by atoms with van der Waals surface area (Å²) in [6.07, 6.45) is 0.723. The lowest BCUT2D eigenvalue weighted by molar-refractivity contribution is -0.129. The van der Waals surface area contributed by atoms with Crippen LogP contribution < -0.4 is 0 Å². The van der Waals surface area contributed by atoms with Crippen molar-refractivity contribution in [2.24, 2.45) is 5.16 Å². The third-order valence-electron chi connectivity index (χ3n) is 2.86. The fraction of sp³-hybridized carbons (Fsp3) is 0.385. The molecule has 0 spiro atoms. The highest BCUT2D eigenvalue weighted by atomic mass is 16.6. The molecule has 90 valence electrons. The largest absolute Gasteiger partial charge is 0.390 e. The minimum absolute atomic E-state index is 0.0286. The maximum absolute atomic E-state index is 11.1. The number of hydrogen-bond donors (Lipinski definition) is 0. The molecule has 1 aliphatic rings. The van der Waals surface area contributed by atoms with Crippen molar-refractivity contribution < 1.29 is 9.63 Å². The van der Waals surface area contributed by atoms with Crippen LogP contribution in [-0.4, -0.2) is 36.2 Å². The molecule has 1 atom stereocenters. The van der Waals surface area contributed by atoms with Crippen molar-refractivity contribution >= 4 is 11.6 Å². The Morgan fingerprint density at radius 1 is 1.47 bits per heavy atom. The number of nitrogens with zero attached hydrogens (tertiary/aromatic N) is 2. The summed E-state index contributed by atoms with van der Waals surface area (Å²) in [5.74, 6) is 0.0433. The van der Waals surface area contributed by atoms with E-state index in [-0.39, 0.29) is 12.0 Å². The summed E-state index contributed by atoms with van der Waals surface area (Å²) in [7, 11) is 1.77. The molecule has 4 nitrogen and oxygen atoms in total. The second kappa shape index (κ2) is 4.99. The van der Waals surface area contributed by atoms with Crippen LogP contribution in [0.2, 0.25) is 0 Å². The molecule has 17 heavy (non-hydrogen) atoms. The average Bonchev–Trinajstić information content (AvgIpc) is 2.78. The lowest BCUT2D eigenvalue weighted by Crippen LogP contribution is -2.32. The van der Waals surface area contributed by atoms with Crippen LogP contribution in [-0.2, 0) is 9.63 Å². The van der Waals surface area contributed by atoms with Crippen LogP contribution in [0, 0.1) is 0 Å². The third-order valence-corrected chi connectivity index (χ3v) is 2.86. The summed E-state index contributed by atoms with van der Waals surface area (Å²) in [6, 6.07) is 9.96. The van der Waals surface area contributed by atoms with Crippen LogP contribution in [0.5, 0.6) is 0 Å². The van der Waals surface area contributed by atoms with Gasteiger partial charge in [0.05, 0.1) is 12.3 Å². The van der Waals surface area contributed by atoms with Gasteiger partial charge in [0.1, 0.15) is 0 Å². The number of amides is 1. The number of carbonyl (C=O) groups excluding carboxylic acids is 1. The van der Waals surface area contributed by atoms with Crippen LogP contribution in [0.25, 0.3) is 0 Å². The maximum Gasteiger partial charge on any atom is 0.219 e. The summed E-state index contributed by atoms with van der Waals surface area (Å²) >= 11 is 0. The fourth-order valence-corrected chi connectivity index (χ4v) is 1.76. The lowest BCUT2D eigenvalue weighted by Gasteiger charge is -2.17. The van der Waals surface area contributed by atoms with Gasteiger partial charge in [-0.3, -0.25) is 4.79 Å². The molecule has 0 fully saturated rings. The molecule has 4 heteroatoms. The van der Waals surface area contributed by atoms with Crippen molar-refractivity contribution in [1.82, 2.24) is 4.90 Å². The molecule has 2 rings (SSSR count). The van der Waals surface area contributed by atoms with Gasteiger partial charge < -0.3 is 9.74 Å². The van der Waals surface area contributed by atoms with Gasteiger partial charge in [-0.1, -0.05) is 35.5 Å². The molecule has 0 aromatic heterocycles. The van der Waals surface area contributed by atoms with E-state index in [9.17, 15) is 4.79 Å². The molecule has 1 heterocycles. The Balaban J connectivity index is 1.93. The highest BCUT2D eigenvalue weighted by Crippen LogP contribution is 2.17. The van der Waals surface area contributed by atoms with E-state index in [1.807, 2.05) is 30.3 Å². The molecule has 1 aromatic carbocycles. The fourth-order valence-electron chi connectivity index (χ4n) is 1.76. The molecule has 0 radical (unpaired) electrons. The first-order valence-corrected chi connectivity index (χ1v) is 5.66. The molecular formula is C13H16N2O2. The minimum atomic E-state index is -0.0286. The van der Waals surface area contributed by atoms with Gasteiger partial charge in [-0.25, -0.2) is 0 Å². The number of rotatable bonds is 3. The number of benzene rings is 1. The van der Waals surface area contributed by atoms with Gasteiger partial charge in [-0.15, -0.1) is 0 Å². The summed E-state index contributed by atoms with van der Waals surface area (Å²) in [6.45, 7) is 2.13. The average molecular weight is 232 g/mol. The standard InChI is InChI=1S/C13H16N2O2/c1-10(16)15(2)9-12-8-13(14-17-12)11-6-4-3-5-7-11/h3-7,12H,8-9H2,1-2H3. The highest BCUT2D eigenvalue weighted by Gasteiger charge is 2.23. The van der Waals surface area contributed by atoms with Crippen molar-refractivity contribution in [3.05, 3.63) is 35.9 Å². The van der Waals surface area contributed by atoms with Crippen molar-refractivity contribution in [1.29, 1.82) is 0 Å². The molecule has 0 bridgehead atoms. The van der Waals surface area contributed by atoms with Gasteiger partial charge in [0, 0.05) is 20.4 Å². The lowest BCUT2D eigenvalue weighted by atomic mass is 10.1. The van der Waals surface area contributed by atoms with Crippen LogP contribution in [0.15, 0.2) is 35.5 Å². The summed E-state index contributed by atoms with van der Waals surface area (Å²) in [5, 5.41) is 4.08. The maximum atomic E-state index is 11.1. The van der Waals surface area contributed by atoms with E-state index in [2.05, 4.69) is 5.16 Å². The Morgan fingerprint density at radius 2 is 2.18 bits per heavy atom. The first-order valence-electron chi connectivity index (χ1n) is 5.66. The van der Waals surface area contributed by atoms with Crippen molar-refractivity contribution in [3.8, 4) is 0 Å². The zero-order chi connectivity index (χ0) is 12.3. The smallest absolute Gasteiger partial charge is 0.219 e. The minimum Gasteiger partial charge on any atom is -0.390 e. The molecule has 0 saturated heterocycles. The summed E-state index contributed by atoms with van der Waals surface area (Å²) in [4.78, 5) is 18.1. The quantitative estimate of drug-likeness (QED) is 0.795. The van der Waals surface area contributed by atoms with E-state index in [1.54, 1.807) is 18.9 Å². The van der Waals surface area contributed by atoms with Crippen LogP contribution in [0.3, 0.4) is 0 Å². The number of hydrogen-bond acceptors (Lipinski definition) is 3. The van der Waals surface area contributed by atoms with E-state index in [0.717, 1.165) is 17.7 Å². The number of oxime groups is 1. The Kier molecular flexibility index (Phi) is 3.42. The second-order valence-corrected chi connectivity index (χ2v) is 4.24. The monoisotopic (exact) mass is 232 g/mol. The SMILES string of the molecule is CC(=O)N(C)CC1CC(c2ccccc2)=NO1. The Hall–Kier alpha value is -1.84. The zero-order valence-electron chi connectivity index (χ0n) is 10.1. The topological polar surface area (TPSA) is 41.9 Å². The molecule has 0 saturated carbocycles. The number of carbonyl (C=O) groups is 1. The predicted octanol–water partition coefficient (Wildman–Crippen LogP) is 1.66. The van der Waals surface area contributed by atoms with Crippen LogP contribution in [0.1, 0.15) is 18.9 Å². The molecule has 0 N–H and O–H groups in total. The zero-order valence-corrected chi connectivity index (χ0v) is 10.1. The van der Waals surface area contributed by atoms with Crippen LogP contribution >= 0.6 is 0 Å². The molecule has 1 aliphatic heterocycles. The second-order valence-electron chi connectivity index (χ2n) is 4.24. The van der Waals surface area contributed by atoms with Gasteiger partial charge in [0.25, 0.3) is 0 Å². The van der Waals surface area contributed by atoms with Crippen LogP contribution in [0.4, 0.5) is 0 Å². The molecule has 0 aliphatic carbocycles. The summed E-state index contributed by atoms with van der Waals surface area (Å²) < 4.78 is 0. The Morgan fingerprint density at radius 3 is 2.82 bits per heavy atom. The van der Waals surface area contributed by atoms with Gasteiger partial charge in [-0.2, -0.15) is 0 Å². The van der Waals surface area contributed by atoms with E-state index in [4.69, 9.17) is 4.84 Å². The van der Waals surface area contributed by atoms with Crippen molar-refractivity contribution in [2.45, 2.75) is 19.4 Å². The van der Waals surface area contributed by atoms with Gasteiger partial charge in [0.2, 0.25) is 5.91 Å². The van der Waals surface area contributed by atoms with Crippen molar-refractivity contribution in [2.75, 3.05) is 13.6 Å². The Bertz CT molecular complexity index is 428.